The van der Waals surface area contributed by atoms with Crippen molar-refractivity contribution < 1.29 is 9.53 Å². The lowest BCUT2D eigenvalue weighted by molar-refractivity contribution is -0.141. The summed E-state index contributed by atoms with van der Waals surface area (Å²) in [5.74, 6) is -0.295. The Hall–Kier alpha value is -2.11. The molecule has 0 saturated heterocycles. The van der Waals surface area contributed by atoms with E-state index in [9.17, 15) is 4.79 Å². The molecule has 0 radical (unpaired) electrons. The number of hydrogen-bond donors (Lipinski definition) is 0. The van der Waals surface area contributed by atoms with E-state index >= 15 is 0 Å². The highest BCUT2D eigenvalue weighted by atomic mass is 16.5. The average molecular weight is 220 g/mol. The molecule has 2 heterocycles. The van der Waals surface area contributed by atoms with Crippen molar-refractivity contribution in [2.24, 2.45) is 0 Å². The minimum atomic E-state index is -0.295. The van der Waals surface area contributed by atoms with Crippen LogP contribution in [0, 0.1) is 0 Å². The maximum Gasteiger partial charge on any atom is 0.309 e. The van der Waals surface area contributed by atoms with Gasteiger partial charge >= 0.3 is 5.97 Å². The van der Waals surface area contributed by atoms with Crippen LogP contribution in [0.1, 0.15) is 12.6 Å². The van der Waals surface area contributed by atoms with E-state index in [4.69, 9.17) is 0 Å². The first-order valence-corrected chi connectivity index (χ1v) is 4.86. The molecule has 0 spiro atoms. The lowest BCUT2D eigenvalue weighted by Gasteiger charge is -2.16. The molecular weight excluding hydrogens is 208 g/mol. The van der Waals surface area contributed by atoms with E-state index in [0.717, 1.165) is 0 Å². The molecule has 6 nitrogen and oxygen atoms in total. The first-order valence-electron chi connectivity index (χ1n) is 4.86. The molecule has 0 atom stereocenters. The summed E-state index contributed by atoms with van der Waals surface area (Å²) < 4.78 is 8.00. The molecule has 0 aliphatic rings. The normalized spacial score (nSPS) is 10.6. The van der Waals surface area contributed by atoms with E-state index in [0.29, 0.717) is 0 Å². The quantitative estimate of drug-likeness (QED) is 0.711. The summed E-state index contributed by atoms with van der Waals surface area (Å²) in [6.45, 7) is 0. The molecular formula is C10H12N4O2. The van der Waals surface area contributed by atoms with Crippen LogP contribution in [-0.4, -0.2) is 32.6 Å². The van der Waals surface area contributed by atoms with Crippen molar-refractivity contribution in [1.82, 2.24) is 19.6 Å². The van der Waals surface area contributed by atoms with Crippen molar-refractivity contribution in [1.29, 1.82) is 0 Å². The first kappa shape index (κ1) is 10.4. The lowest BCUT2D eigenvalue weighted by Crippen LogP contribution is -2.23. The second kappa shape index (κ2) is 4.61. The minimum absolute atomic E-state index is 0.194. The molecule has 2 aromatic rings. The monoisotopic (exact) mass is 220 g/mol. The Kier molecular flexibility index (Phi) is 3.00. The van der Waals surface area contributed by atoms with Gasteiger partial charge in [0.1, 0.15) is 0 Å². The molecule has 6 heteroatoms. The number of esters is 1. The topological polar surface area (TPSA) is 61.9 Å². The van der Waals surface area contributed by atoms with Crippen LogP contribution in [0.15, 0.2) is 36.9 Å². The smallest absolute Gasteiger partial charge is 0.309 e. The minimum Gasteiger partial charge on any atom is -0.469 e. The molecule has 0 fully saturated rings. The van der Waals surface area contributed by atoms with Gasteiger partial charge in [-0.2, -0.15) is 10.2 Å². The van der Waals surface area contributed by atoms with E-state index in [2.05, 4.69) is 14.9 Å². The van der Waals surface area contributed by atoms with Crippen LogP contribution >= 0.6 is 0 Å². The zero-order chi connectivity index (χ0) is 11.4. The molecule has 16 heavy (non-hydrogen) atoms. The van der Waals surface area contributed by atoms with Crippen molar-refractivity contribution >= 4 is 5.97 Å². The average Bonchev–Trinajstić information content (AvgIpc) is 2.97. The van der Waals surface area contributed by atoms with E-state index in [1.54, 1.807) is 46.3 Å². The molecule has 0 unspecified atom stereocenters. The largest absolute Gasteiger partial charge is 0.469 e. The standard InChI is InChI=1S/C10H12N4O2/c1-16-10(15)8-9(13-6-2-4-11-13)14-7-3-5-12-14/h2-7,9H,8H2,1H3. The van der Waals surface area contributed by atoms with Crippen molar-refractivity contribution in [2.75, 3.05) is 7.11 Å². The van der Waals surface area contributed by atoms with Crippen molar-refractivity contribution in [3.8, 4) is 0 Å². The van der Waals surface area contributed by atoms with Gasteiger partial charge in [-0.15, -0.1) is 0 Å². The van der Waals surface area contributed by atoms with Gasteiger partial charge in [-0.05, 0) is 12.1 Å². The van der Waals surface area contributed by atoms with Crippen LogP contribution in [0.3, 0.4) is 0 Å². The molecule has 2 aromatic heterocycles. The van der Waals surface area contributed by atoms with Gasteiger partial charge in [-0.25, -0.2) is 9.36 Å². The maximum atomic E-state index is 11.3. The molecule has 84 valence electrons. The molecule has 0 aliphatic carbocycles. The lowest BCUT2D eigenvalue weighted by atomic mass is 10.3. The predicted molar refractivity (Wildman–Crippen MR) is 55.5 cm³/mol. The van der Waals surface area contributed by atoms with Gasteiger partial charge in [0.25, 0.3) is 0 Å². The Morgan fingerprint density at radius 3 is 2.19 bits per heavy atom. The summed E-state index contributed by atoms with van der Waals surface area (Å²) in [5.41, 5.74) is 0. The van der Waals surface area contributed by atoms with E-state index in [-0.39, 0.29) is 18.6 Å². The van der Waals surface area contributed by atoms with Crippen LogP contribution in [0.2, 0.25) is 0 Å². The van der Waals surface area contributed by atoms with Crippen LogP contribution in [0.4, 0.5) is 0 Å². The highest BCUT2D eigenvalue weighted by molar-refractivity contribution is 5.69. The van der Waals surface area contributed by atoms with Crippen molar-refractivity contribution in [3.05, 3.63) is 36.9 Å². The highest BCUT2D eigenvalue weighted by Gasteiger charge is 2.18. The second-order valence-corrected chi connectivity index (χ2v) is 3.23. The third-order valence-corrected chi connectivity index (χ3v) is 2.24. The van der Waals surface area contributed by atoms with Gasteiger partial charge in [-0.3, -0.25) is 4.79 Å². The number of hydrogen-bond acceptors (Lipinski definition) is 4. The fourth-order valence-corrected chi connectivity index (χ4v) is 1.45. The third kappa shape index (κ3) is 2.10. The zero-order valence-electron chi connectivity index (χ0n) is 8.85. The van der Waals surface area contributed by atoms with Gasteiger partial charge < -0.3 is 4.74 Å². The van der Waals surface area contributed by atoms with Crippen molar-refractivity contribution in [2.45, 2.75) is 12.6 Å². The Morgan fingerprint density at radius 2 is 1.81 bits per heavy atom. The molecule has 0 saturated carbocycles. The summed E-state index contributed by atoms with van der Waals surface area (Å²) in [4.78, 5) is 11.3. The summed E-state index contributed by atoms with van der Waals surface area (Å²) in [6.07, 6.45) is 6.81. The summed E-state index contributed by atoms with van der Waals surface area (Å²) >= 11 is 0. The van der Waals surface area contributed by atoms with Gasteiger partial charge in [0, 0.05) is 24.8 Å². The van der Waals surface area contributed by atoms with Crippen LogP contribution in [0.25, 0.3) is 0 Å². The third-order valence-electron chi connectivity index (χ3n) is 2.24. The summed E-state index contributed by atoms with van der Waals surface area (Å²) in [6, 6.07) is 3.60. The van der Waals surface area contributed by atoms with Crippen LogP contribution in [-0.2, 0) is 9.53 Å². The van der Waals surface area contributed by atoms with E-state index in [1.807, 2.05) is 0 Å². The Bertz CT molecular complexity index is 401. The summed E-state index contributed by atoms with van der Waals surface area (Å²) in [5, 5.41) is 8.22. The van der Waals surface area contributed by atoms with Gasteiger partial charge in [-0.1, -0.05) is 0 Å². The molecule has 0 N–H and O–H groups in total. The number of nitrogens with zero attached hydrogens (tertiary/aromatic N) is 4. The van der Waals surface area contributed by atoms with Gasteiger partial charge in [0.2, 0.25) is 0 Å². The number of rotatable bonds is 4. The number of methoxy groups -OCH3 is 1. The first-order chi connectivity index (χ1) is 7.81. The Morgan fingerprint density at radius 1 is 1.25 bits per heavy atom. The predicted octanol–water partition coefficient (Wildman–Crippen LogP) is 0.690. The Labute approximate surface area is 92.4 Å². The fraction of sp³-hybridized carbons (Fsp3) is 0.300. The Balaban J connectivity index is 2.24. The number of ether oxygens (including phenoxy) is 1. The van der Waals surface area contributed by atoms with Crippen LogP contribution < -0.4 is 0 Å². The highest BCUT2D eigenvalue weighted by Crippen LogP contribution is 2.12. The van der Waals surface area contributed by atoms with E-state index < -0.39 is 0 Å². The second-order valence-electron chi connectivity index (χ2n) is 3.23. The van der Waals surface area contributed by atoms with E-state index in [1.165, 1.54) is 7.11 Å². The molecule has 2 rings (SSSR count). The zero-order valence-corrected chi connectivity index (χ0v) is 8.85. The summed E-state index contributed by atoms with van der Waals surface area (Å²) in [7, 11) is 1.37. The fourth-order valence-electron chi connectivity index (χ4n) is 1.45. The number of carbonyl (C=O) groups is 1. The molecule has 0 aromatic carbocycles. The molecule has 0 amide bonds. The number of carbonyl (C=O) groups excluding carboxylic acids is 1. The maximum absolute atomic E-state index is 11.3. The van der Waals surface area contributed by atoms with Crippen molar-refractivity contribution in [3.63, 3.8) is 0 Å². The molecule has 0 aliphatic heterocycles. The molecule has 0 bridgehead atoms. The SMILES string of the molecule is COC(=O)CC(n1cccn1)n1cccn1. The van der Waals surface area contributed by atoms with Gasteiger partial charge in [0.15, 0.2) is 6.17 Å². The van der Waals surface area contributed by atoms with Gasteiger partial charge in [0.05, 0.1) is 13.5 Å². The van der Waals surface area contributed by atoms with Crippen LogP contribution in [0.5, 0.6) is 0 Å². The number of aromatic nitrogens is 4.